The Hall–Kier alpha value is -1.58. The van der Waals surface area contributed by atoms with E-state index in [9.17, 15) is 4.39 Å². The fraction of sp³-hybridized carbons (Fsp3) is 0.294. The maximum Gasteiger partial charge on any atom is 0.142 e. The van der Waals surface area contributed by atoms with Gasteiger partial charge in [-0.2, -0.15) is 0 Å². The Bertz CT molecular complexity index is 603. The molecule has 0 saturated heterocycles. The van der Waals surface area contributed by atoms with E-state index in [1.165, 1.54) is 6.07 Å². The molecule has 0 aliphatic heterocycles. The molecule has 2 nitrogen and oxygen atoms in total. The molecule has 0 aliphatic carbocycles. The maximum atomic E-state index is 13.7. The molecule has 0 heterocycles. The van der Waals surface area contributed by atoms with E-state index >= 15 is 0 Å². The first-order chi connectivity index (χ1) is 10.2. The number of benzene rings is 2. The van der Waals surface area contributed by atoms with Crippen LogP contribution in [-0.4, -0.2) is 13.7 Å². The van der Waals surface area contributed by atoms with Gasteiger partial charge in [0.1, 0.15) is 11.6 Å². The first-order valence-electron chi connectivity index (χ1n) is 7.02. The van der Waals surface area contributed by atoms with Crippen LogP contribution < -0.4 is 10.1 Å². The third-order valence-electron chi connectivity index (χ3n) is 3.27. The van der Waals surface area contributed by atoms with Crippen molar-refractivity contribution in [1.29, 1.82) is 0 Å². The van der Waals surface area contributed by atoms with E-state index < -0.39 is 5.82 Å². The summed E-state index contributed by atoms with van der Waals surface area (Å²) in [4.78, 5) is 0. The van der Waals surface area contributed by atoms with Crippen molar-refractivity contribution in [2.75, 3.05) is 13.7 Å². The standard InChI is InChI=1S/C17H19ClFNO/c1-3-11-21-15-10-5-4-7-12(15)17(20-2)13-8-6-9-14(19)16(13)18/h4-10,17,20H,3,11H2,1-2H3. The fourth-order valence-electron chi connectivity index (χ4n) is 2.28. The van der Waals surface area contributed by atoms with Crippen molar-refractivity contribution in [1.82, 2.24) is 5.32 Å². The molecule has 1 N–H and O–H groups in total. The van der Waals surface area contributed by atoms with Crippen molar-refractivity contribution < 1.29 is 9.13 Å². The Morgan fingerprint density at radius 2 is 1.86 bits per heavy atom. The summed E-state index contributed by atoms with van der Waals surface area (Å²) in [7, 11) is 1.82. The largest absolute Gasteiger partial charge is 0.493 e. The summed E-state index contributed by atoms with van der Waals surface area (Å²) in [5.74, 6) is 0.375. The minimum absolute atomic E-state index is 0.141. The van der Waals surface area contributed by atoms with Crippen molar-refractivity contribution in [2.24, 2.45) is 0 Å². The quantitative estimate of drug-likeness (QED) is 0.843. The Morgan fingerprint density at radius 3 is 2.57 bits per heavy atom. The second-order valence-electron chi connectivity index (χ2n) is 4.75. The molecule has 2 aromatic carbocycles. The lowest BCUT2D eigenvalue weighted by atomic mass is 9.97. The summed E-state index contributed by atoms with van der Waals surface area (Å²) in [5.41, 5.74) is 1.65. The molecular formula is C17H19ClFNO. The number of nitrogens with one attached hydrogen (secondary N) is 1. The van der Waals surface area contributed by atoms with Gasteiger partial charge >= 0.3 is 0 Å². The normalized spacial score (nSPS) is 12.2. The van der Waals surface area contributed by atoms with Gasteiger partial charge in [-0.15, -0.1) is 0 Å². The highest BCUT2D eigenvalue weighted by Crippen LogP contribution is 2.34. The predicted molar refractivity (Wildman–Crippen MR) is 84.5 cm³/mol. The maximum absolute atomic E-state index is 13.7. The summed E-state index contributed by atoms with van der Waals surface area (Å²) in [6.45, 7) is 2.70. The van der Waals surface area contributed by atoms with E-state index in [4.69, 9.17) is 16.3 Å². The third kappa shape index (κ3) is 3.55. The molecule has 1 unspecified atom stereocenters. The lowest BCUT2D eigenvalue weighted by Gasteiger charge is -2.21. The summed E-state index contributed by atoms with van der Waals surface area (Å²) in [5, 5.41) is 3.33. The highest BCUT2D eigenvalue weighted by atomic mass is 35.5. The van der Waals surface area contributed by atoms with Gasteiger partial charge in [0, 0.05) is 5.56 Å². The van der Waals surface area contributed by atoms with Crippen LogP contribution in [0.15, 0.2) is 42.5 Å². The molecule has 0 saturated carbocycles. The van der Waals surface area contributed by atoms with Crippen molar-refractivity contribution in [3.05, 3.63) is 64.4 Å². The van der Waals surface area contributed by atoms with E-state index in [0.717, 1.165) is 17.7 Å². The van der Waals surface area contributed by atoms with Gasteiger partial charge in [0.05, 0.1) is 17.7 Å². The summed E-state index contributed by atoms with van der Waals surface area (Å²) >= 11 is 6.12. The molecule has 1 atom stereocenters. The Balaban J connectivity index is 2.44. The summed E-state index contributed by atoms with van der Waals surface area (Å²) < 4.78 is 19.5. The van der Waals surface area contributed by atoms with Crippen molar-refractivity contribution in [2.45, 2.75) is 19.4 Å². The van der Waals surface area contributed by atoms with Crippen LogP contribution in [-0.2, 0) is 0 Å². The zero-order valence-corrected chi connectivity index (χ0v) is 13.0. The van der Waals surface area contributed by atoms with Gasteiger partial charge in [-0.3, -0.25) is 0 Å². The molecule has 0 aliphatic rings. The third-order valence-corrected chi connectivity index (χ3v) is 3.67. The highest BCUT2D eigenvalue weighted by Gasteiger charge is 2.20. The molecular weight excluding hydrogens is 289 g/mol. The number of para-hydroxylation sites is 1. The number of hydrogen-bond acceptors (Lipinski definition) is 2. The lowest BCUT2D eigenvalue weighted by Crippen LogP contribution is -2.19. The van der Waals surface area contributed by atoms with Crippen LogP contribution in [0.1, 0.15) is 30.5 Å². The molecule has 0 bridgehead atoms. The highest BCUT2D eigenvalue weighted by molar-refractivity contribution is 6.31. The van der Waals surface area contributed by atoms with E-state index in [1.807, 2.05) is 37.4 Å². The molecule has 4 heteroatoms. The summed E-state index contributed by atoms with van der Waals surface area (Å²) in [6, 6.07) is 12.4. The van der Waals surface area contributed by atoms with Crippen molar-refractivity contribution >= 4 is 11.6 Å². The second-order valence-corrected chi connectivity index (χ2v) is 5.13. The van der Waals surface area contributed by atoms with Crippen molar-refractivity contribution in [3.8, 4) is 5.75 Å². The van der Waals surface area contributed by atoms with Crippen LogP contribution in [0.25, 0.3) is 0 Å². The fourth-order valence-corrected chi connectivity index (χ4v) is 2.52. The zero-order chi connectivity index (χ0) is 15.2. The molecule has 2 aromatic rings. The topological polar surface area (TPSA) is 21.3 Å². The van der Waals surface area contributed by atoms with Gasteiger partial charge in [0.25, 0.3) is 0 Å². The number of hydrogen-bond donors (Lipinski definition) is 1. The first kappa shape index (κ1) is 15.8. The molecule has 0 fully saturated rings. The zero-order valence-electron chi connectivity index (χ0n) is 12.2. The second kappa shape index (κ2) is 7.43. The monoisotopic (exact) mass is 307 g/mol. The Morgan fingerprint density at radius 1 is 1.14 bits per heavy atom. The average Bonchev–Trinajstić information content (AvgIpc) is 2.51. The van der Waals surface area contributed by atoms with Crippen LogP contribution in [0.5, 0.6) is 5.75 Å². The van der Waals surface area contributed by atoms with Gasteiger partial charge in [-0.05, 0) is 31.2 Å². The number of halogens is 2. The van der Waals surface area contributed by atoms with Crippen LogP contribution in [0.4, 0.5) is 4.39 Å². The van der Waals surface area contributed by atoms with E-state index in [1.54, 1.807) is 6.07 Å². The molecule has 0 amide bonds. The molecule has 112 valence electrons. The summed E-state index contributed by atoms with van der Waals surface area (Å²) in [6.07, 6.45) is 0.930. The van der Waals surface area contributed by atoms with Crippen LogP contribution >= 0.6 is 11.6 Å². The number of rotatable bonds is 6. The minimum Gasteiger partial charge on any atom is -0.493 e. The van der Waals surface area contributed by atoms with Gasteiger partial charge in [-0.1, -0.05) is 48.9 Å². The molecule has 0 spiro atoms. The molecule has 2 rings (SSSR count). The van der Waals surface area contributed by atoms with E-state index in [-0.39, 0.29) is 11.1 Å². The van der Waals surface area contributed by atoms with Crippen LogP contribution in [0.3, 0.4) is 0 Å². The predicted octanol–water partition coefficient (Wildman–Crippen LogP) is 4.58. The minimum atomic E-state index is -0.415. The van der Waals surface area contributed by atoms with E-state index in [2.05, 4.69) is 12.2 Å². The SMILES string of the molecule is CCCOc1ccccc1C(NC)c1cccc(F)c1Cl. The number of ether oxygens (including phenoxy) is 1. The molecule has 0 radical (unpaired) electrons. The molecule has 21 heavy (non-hydrogen) atoms. The smallest absolute Gasteiger partial charge is 0.142 e. The van der Waals surface area contributed by atoms with Gasteiger partial charge in [0.2, 0.25) is 0 Å². The van der Waals surface area contributed by atoms with Crippen LogP contribution in [0.2, 0.25) is 5.02 Å². The van der Waals surface area contributed by atoms with Gasteiger partial charge in [-0.25, -0.2) is 4.39 Å². The van der Waals surface area contributed by atoms with E-state index in [0.29, 0.717) is 12.2 Å². The van der Waals surface area contributed by atoms with Gasteiger partial charge < -0.3 is 10.1 Å². The lowest BCUT2D eigenvalue weighted by molar-refractivity contribution is 0.312. The van der Waals surface area contributed by atoms with Gasteiger partial charge in [0.15, 0.2) is 0 Å². The Labute approximate surface area is 129 Å². The van der Waals surface area contributed by atoms with Crippen molar-refractivity contribution in [3.63, 3.8) is 0 Å². The molecule has 0 aromatic heterocycles. The van der Waals surface area contributed by atoms with Crippen LogP contribution in [0, 0.1) is 5.82 Å². The Kier molecular flexibility index (Phi) is 5.59. The first-order valence-corrected chi connectivity index (χ1v) is 7.39. The average molecular weight is 308 g/mol.